The number of nitro groups is 1. The first-order valence-corrected chi connectivity index (χ1v) is 8.21. The van der Waals surface area contributed by atoms with E-state index in [0.717, 1.165) is 32.0 Å². The second-order valence-corrected chi connectivity index (χ2v) is 6.05. The number of hydrogen-bond acceptors (Lipinski definition) is 6. The van der Waals surface area contributed by atoms with Crippen molar-refractivity contribution >= 4 is 29.1 Å². The minimum atomic E-state index is -0.561. The van der Waals surface area contributed by atoms with Crippen LogP contribution in [0, 0.1) is 10.1 Å². The third kappa shape index (κ3) is 4.03. The van der Waals surface area contributed by atoms with Gasteiger partial charge in [0.05, 0.1) is 27.7 Å². The Bertz CT molecular complexity index is 808. The predicted molar refractivity (Wildman–Crippen MR) is 92.8 cm³/mol. The van der Waals surface area contributed by atoms with Crippen molar-refractivity contribution in [3.05, 3.63) is 56.9 Å². The number of carbonyl (C=O) groups is 1. The molecule has 1 aliphatic rings. The fourth-order valence-corrected chi connectivity index (χ4v) is 2.88. The third-order valence-electron chi connectivity index (χ3n) is 3.93. The van der Waals surface area contributed by atoms with Crippen molar-refractivity contribution in [2.75, 3.05) is 18.0 Å². The average Bonchev–Trinajstić information content (AvgIpc) is 3.14. The van der Waals surface area contributed by atoms with E-state index >= 15 is 0 Å². The number of non-ortho nitro benzene ring substituents is 1. The number of nitro benzene ring substituents is 1. The molecule has 1 fully saturated rings. The minimum Gasteiger partial charge on any atom is -0.346 e. The SMILES string of the molecule is O=C(NCc1ccnc(N2CCCC2)n1)c1ccc([N+](=O)[O-])cc1Cl. The highest BCUT2D eigenvalue weighted by Gasteiger charge is 2.17. The van der Waals surface area contributed by atoms with Crippen LogP contribution >= 0.6 is 11.6 Å². The molecule has 0 unspecified atom stereocenters. The molecule has 3 rings (SSSR count). The predicted octanol–water partition coefficient (Wildman–Crippen LogP) is 2.57. The Morgan fingerprint density at radius 3 is 2.76 bits per heavy atom. The molecule has 0 aliphatic carbocycles. The summed E-state index contributed by atoms with van der Waals surface area (Å²) in [5.41, 5.74) is 0.706. The summed E-state index contributed by atoms with van der Waals surface area (Å²) in [7, 11) is 0. The second kappa shape index (κ2) is 7.43. The maximum absolute atomic E-state index is 12.2. The quantitative estimate of drug-likeness (QED) is 0.648. The summed E-state index contributed by atoms with van der Waals surface area (Å²) in [5.74, 6) is 0.249. The number of nitrogens with zero attached hydrogens (tertiary/aromatic N) is 4. The Kier molecular flexibility index (Phi) is 5.08. The molecule has 1 saturated heterocycles. The molecule has 2 aromatic rings. The van der Waals surface area contributed by atoms with Crippen LogP contribution in [0.3, 0.4) is 0 Å². The lowest BCUT2D eigenvalue weighted by Crippen LogP contribution is -2.25. The first-order valence-electron chi connectivity index (χ1n) is 7.83. The lowest BCUT2D eigenvalue weighted by atomic mass is 10.2. The van der Waals surface area contributed by atoms with Gasteiger partial charge in [-0.15, -0.1) is 0 Å². The normalized spacial score (nSPS) is 13.7. The molecule has 1 aromatic heterocycles. The summed E-state index contributed by atoms with van der Waals surface area (Å²) in [6, 6.07) is 5.48. The van der Waals surface area contributed by atoms with Gasteiger partial charge in [0.1, 0.15) is 0 Å². The number of anilines is 1. The van der Waals surface area contributed by atoms with E-state index in [2.05, 4.69) is 20.2 Å². The molecule has 0 bridgehead atoms. The zero-order valence-corrected chi connectivity index (χ0v) is 14.1. The summed E-state index contributed by atoms with van der Waals surface area (Å²) < 4.78 is 0. The standard InChI is InChI=1S/C16H16ClN5O3/c17-14-9-12(22(24)25)3-4-13(14)15(23)19-10-11-5-6-18-16(20-11)21-7-1-2-8-21/h3-6,9H,1-2,7-8,10H2,(H,19,23). The monoisotopic (exact) mass is 361 g/mol. The van der Waals surface area contributed by atoms with Gasteiger partial charge in [0, 0.05) is 31.4 Å². The van der Waals surface area contributed by atoms with Crippen molar-refractivity contribution in [3.8, 4) is 0 Å². The van der Waals surface area contributed by atoms with Gasteiger partial charge in [0.15, 0.2) is 0 Å². The van der Waals surface area contributed by atoms with Gasteiger partial charge < -0.3 is 10.2 Å². The van der Waals surface area contributed by atoms with Crippen molar-refractivity contribution in [3.63, 3.8) is 0 Å². The molecule has 0 atom stereocenters. The number of halogens is 1. The van der Waals surface area contributed by atoms with Crippen molar-refractivity contribution in [1.82, 2.24) is 15.3 Å². The molecule has 1 aromatic carbocycles. The fraction of sp³-hybridized carbons (Fsp3) is 0.312. The van der Waals surface area contributed by atoms with Crippen LogP contribution in [0.1, 0.15) is 28.9 Å². The average molecular weight is 362 g/mol. The van der Waals surface area contributed by atoms with Gasteiger partial charge in [-0.05, 0) is 25.0 Å². The zero-order valence-electron chi connectivity index (χ0n) is 13.3. The summed E-state index contributed by atoms with van der Waals surface area (Å²) in [6.07, 6.45) is 3.92. The Balaban J connectivity index is 1.66. The van der Waals surface area contributed by atoms with E-state index in [-0.39, 0.29) is 22.8 Å². The zero-order chi connectivity index (χ0) is 17.8. The molecule has 0 radical (unpaired) electrons. The van der Waals surface area contributed by atoms with Crippen LogP contribution in [0.2, 0.25) is 5.02 Å². The van der Waals surface area contributed by atoms with Gasteiger partial charge in [0.2, 0.25) is 5.95 Å². The minimum absolute atomic E-state index is 0.0344. The Morgan fingerprint density at radius 1 is 1.32 bits per heavy atom. The first-order chi connectivity index (χ1) is 12.0. The highest BCUT2D eigenvalue weighted by molar-refractivity contribution is 6.34. The number of carbonyl (C=O) groups excluding carboxylic acids is 1. The van der Waals surface area contributed by atoms with Crippen LogP contribution in [0.5, 0.6) is 0 Å². The largest absolute Gasteiger partial charge is 0.346 e. The van der Waals surface area contributed by atoms with Gasteiger partial charge in [-0.3, -0.25) is 14.9 Å². The summed E-state index contributed by atoms with van der Waals surface area (Å²) in [6.45, 7) is 2.10. The van der Waals surface area contributed by atoms with Crippen LogP contribution in [0.15, 0.2) is 30.5 Å². The highest BCUT2D eigenvalue weighted by atomic mass is 35.5. The number of nitrogens with one attached hydrogen (secondary N) is 1. The molecule has 25 heavy (non-hydrogen) atoms. The lowest BCUT2D eigenvalue weighted by molar-refractivity contribution is -0.384. The Morgan fingerprint density at radius 2 is 2.08 bits per heavy atom. The molecule has 0 spiro atoms. The van der Waals surface area contributed by atoms with E-state index in [1.807, 2.05) is 0 Å². The van der Waals surface area contributed by atoms with Crippen LogP contribution in [0.25, 0.3) is 0 Å². The van der Waals surface area contributed by atoms with E-state index in [1.54, 1.807) is 12.3 Å². The Labute approximate surface area is 149 Å². The van der Waals surface area contributed by atoms with Gasteiger partial charge in [-0.1, -0.05) is 11.6 Å². The summed E-state index contributed by atoms with van der Waals surface area (Å²) >= 11 is 5.96. The van der Waals surface area contributed by atoms with Crippen LogP contribution < -0.4 is 10.2 Å². The summed E-state index contributed by atoms with van der Waals surface area (Å²) in [4.78, 5) is 33.2. The third-order valence-corrected chi connectivity index (χ3v) is 4.24. The van der Waals surface area contributed by atoms with Crippen molar-refractivity contribution in [1.29, 1.82) is 0 Å². The molecule has 1 N–H and O–H groups in total. The maximum atomic E-state index is 12.2. The van der Waals surface area contributed by atoms with Gasteiger partial charge >= 0.3 is 0 Å². The molecule has 2 heterocycles. The van der Waals surface area contributed by atoms with E-state index in [9.17, 15) is 14.9 Å². The second-order valence-electron chi connectivity index (χ2n) is 5.65. The number of amides is 1. The molecule has 130 valence electrons. The summed E-state index contributed by atoms with van der Waals surface area (Å²) in [5, 5.41) is 13.5. The van der Waals surface area contributed by atoms with Gasteiger partial charge in [-0.2, -0.15) is 0 Å². The Hall–Kier alpha value is -2.74. The van der Waals surface area contributed by atoms with Gasteiger partial charge in [-0.25, -0.2) is 9.97 Å². The lowest BCUT2D eigenvalue weighted by Gasteiger charge is -2.15. The number of benzene rings is 1. The van der Waals surface area contributed by atoms with E-state index in [0.29, 0.717) is 11.6 Å². The molecular formula is C16H16ClN5O3. The number of aromatic nitrogens is 2. The van der Waals surface area contributed by atoms with E-state index in [4.69, 9.17) is 11.6 Å². The molecule has 8 nitrogen and oxygen atoms in total. The topological polar surface area (TPSA) is 101 Å². The molecular weight excluding hydrogens is 346 g/mol. The molecule has 0 saturated carbocycles. The maximum Gasteiger partial charge on any atom is 0.270 e. The number of rotatable bonds is 5. The van der Waals surface area contributed by atoms with Crippen molar-refractivity contribution < 1.29 is 9.72 Å². The van der Waals surface area contributed by atoms with Gasteiger partial charge in [0.25, 0.3) is 11.6 Å². The van der Waals surface area contributed by atoms with Crippen molar-refractivity contribution in [2.45, 2.75) is 19.4 Å². The van der Waals surface area contributed by atoms with E-state index in [1.165, 1.54) is 12.1 Å². The van der Waals surface area contributed by atoms with Crippen molar-refractivity contribution in [2.24, 2.45) is 0 Å². The van der Waals surface area contributed by atoms with Crippen LogP contribution in [-0.4, -0.2) is 33.9 Å². The van der Waals surface area contributed by atoms with Crippen LogP contribution in [-0.2, 0) is 6.54 Å². The molecule has 1 aliphatic heterocycles. The van der Waals surface area contributed by atoms with E-state index < -0.39 is 10.8 Å². The highest BCUT2D eigenvalue weighted by Crippen LogP contribution is 2.22. The smallest absolute Gasteiger partial charge is 0.270 e. The fourth-order valence-electron chi connectivity index (χ4n) is 2.62. The molecule has 9 heteroatoms. The number of hydrogen-bond donors (Lipinski definition) is 1. The molecule has 1 amide bonds. The van der Waals surface area contributed by atoms with Crippen LogP contribution in [0.4, 0.5) is 11.6 Å². The first kappa shape index (κ1) is 17.1.